The minimum absolute atomic E-state index is 0.122. The summed E-state index contributed by atoms with van der Waals surface area (Å²) >= 11 is 0. The third-order valence-corrected chi connectivity index (χ3v) is 7.11. The molecule has 5 rings (SSSR count). The molecule has 0 spiro atoms. The Labute approximate surface area is 255 Å². The number of ether oxygens (including phenoxy) is 3. The molecular weight excluding hydrogens is 562 g/mol. The van der Waals surface area contributed by atoms with Crippen molar-refractivity contribution < 1.29 is 28.9 Å². The first-order chi connectivity index (χ1) is 21.4. The lowest BCUT2D eigenvalue weighted by Gasteiger charge is -2.28. The standard InChI is InChI=1S/C33H35N5O6/c1-4-43-28-16-23(31-30(32(40)42-3)21(2)35-33(41)36-31)14-15-27(28)44-20-29(39)37-34-17-24-19-38(18-22-10-6-5-7-11-22)26-13-9-8-12-25(24)26/h5-17,19,29,31,37,39H,4,18,20H2,1-3H3,(H2,35,36,41)/b34-17+/t29-,31-/m1/s1. The molecule has 4 aromatic rings. The van der Waals surface area contributed by atoms with E-state index in [1.54, 1.807) is 31.3 Å². The maximum Gasteiger partial charge on any atom is 0.337 e. The molecule has 0 bridgehead atoms. The van der Waals surface area contributed by atoms with Gasteiger partial charge in [0, 0.05) is 34.9 Å². The monoisotopic (exact) mass is 597 g/mol. The number of carbonyl (C=O) groups excluding carboxylic acids is 2. The van der Waals surface area contributed by atoms with Crippen LogP contribution in [0.15, 0.2) is 95.4 Å². The van der Waals surface area contributed by atoms with Crippen molar-refractivity contribution in [3.05, 3.63) is 107 Å². The van der Waals surface area contributed by atoms with Crippen LogP contribution in [0.3, 0.4) is 0 Å². The number of amides is 2. The van der Waals surface area contributed by atoms with Crippen LogP contribution < -0.4 is 25.5 Å². The number of nitrogens with zero attached hydrogens (tertiary/aromatic N) is 2. The number of urea groups is 1. The van der Waals surface area contributed by atoms with Crippen molar-refractivity contribution in [2.45, 2.75) is 32.7 Å². The average molecular weight is 598 g/mol. The first kappa shape index (κ1) is 30.2. The molecule has 0 saturated carbocycles. The van der Waals surface area contributed by atoms with Crippen LogP contribution in [-0.2, 0) is 16.1 Å². The molecule has 3 aromatic carbocycles. The molecule has 2 amide bonds. The Kier molecular flexibility index (Phi) is 9.46. The molecule has 11 nitrogen and oxygen atoms in total. The van der Waals surface area contributed by atoms with Crippen molar-refractivity contribution in [3.63, 3.8) is 0 Å². The summed E-state index contributed by atoms with van der Waals surface area (Å²) in [5, 5.41) is 21.2. The van der Waals surface area contributed by atoms with Crippen LogP contribution in [0, 0.1) is 0 Å². The zero-order valence-corrected chi connectivity index (χ0v) is 24.7. The Morgan fingerprint density at radius 2 is 1.86 bits per heavy atom. The zero-order chi connectivity index (χ0) is 31.1. The lowest BCUT2D eigenvalue weighted by atomic mass is 9.95. The first-order valence-electron chi connectivity index (χ1n) is 14.2. The van der Waals surface area contributed by atoms with Crippen molar-refractivity contribution in [1.82, 2.24) is 20.6 Å². The Morgan fingerprint density at radius 3 is 2.64 bits per heavy atom. The van der Waals surface area contributed by atoms with Crippen LogP contribution in [0.1, 0.15) is 36.6 Å². The molecule has 2 atom stereocenters. The van der Waals surface area contributed by atoms with E-state index in [2.05, 4.69) is 43.9 Å². The van der Waals surface area contributed by atoms with Crippen molar-refractivity contribution >= 4 is 29.1 Å². The van der Waals surface area contributed by atoms with Crippen LogP contribution in [0.5, 0.6) is 11.5 Å². The van der Waals surface area contributed by atoms with E-state index in [0.717, 1.165) is 23.0 Å². The van der Waals surface area contributed by atoms with E-state index in [4.69, 9.17) is 14.2 Å². The summed E-state index contributed by atoms with van der Waals surface area (Å²) in [6.07, 6.45) is 2.60. The Morgan fingerprint density at radius 1 is 1.09 bits per heavy atom. The van der Waals surface area contributed by atoms with Gasteiger partial charge in [-0.15, -0.1) is 0 Å². The lowest BCUT2D eigenvalue weighted by Crippen LogP contribution is -2.45. The number of hydrogen-bond acceptors (Lipinski definition) is 8. The van der Waals surface area contributed by atoms with Crippen LogP contribution in [0.4, 0.5) is 4.79 Å². The number of nitrogens with one attached hydrogen (secondary N) is 3. The van der Waals surface area contributed by atoms with E-state index < -0.39 is 24.3 Å². The first-order valence-corrected chi connectivity index (χ1v) is 14.2. The Hall–Kier alpha value is -5.29. The summed E-state index contributed by atoms with van der Waals surface area (Å²) in [5.74, 6) is 0.209. The lowest BCUT2D eigenvalue weighted by molar-refractivity contribution is -0.136. The van der Waals surface area contributed by atoms with Gasteiger partial charge in [0.15, 0.2) is 17.7 Å². The predicted octanol–water partition coefficient (Wildman–Crippen LogP) is 4.21. The molecular formula is C33H35N5O6. The third kappa shape index (κ3) is 6.84. The minimum Gasteiger partial charge on any atom is -0.490 e. The summed E-state index contributed by atoms with van der Waals surface area (Å²) < 4.78 is 18.7. The number of aliphatic hydroxyl groups is 1. The van der Waals surface area contributed by atoms with Gasteiger partial charge in [-0.2, -0.15) is 5.10 Å². The number of allylic oxidation sites excluding steroid dienone is 1. The van der Waals surface area contributed by atoms with Crippen LogP contribution in [-0.4, -0.2) is 54.4 Å². The molecule has 1 aromatic heterocycles. The second-order valence-corrected chi connectivity index (χ2v) is 10.1. The van der Waals surface area contributed by atoms with E-state index in [1.807, 2.05) is 49.5 Å². The van der Waals surface area contributed by atoms with Crippen molar-refractivity contribution in [2.24, 2.45) is 5.10 Å². The highest BCUT2D eigenvalue weighted by Crippen LogP contribution is 2.35. The predicted molar refractivity (Wildman–Crippen MR) is 166 cm³/mol. The van der Waals surface area contributed by atoms with Gasteiger partial charge in [-0.05, 0) is 43.2 Å². The van der Waals surface area contributed by atoms with Gasteiger partial charge < -0.3 is 34.5 Å². The van der Waals surface area contributed by atoms with E-state index in [9.17, 15) is 14.7 Å². The second kappa shape index (κ2) is 13.8. The molecule has 4 N–H and O–H groups in total. The maximum atomic E-state index is 12.5. The number of esters is 1. The Bertz CT molecular complexity index is 1700. The molecule has 1 aliphatic rings. The summed E-state index contributed by atoms with van der Waals surface area (Å²) in [7, 11) is 1.28. The van der Waals surface area contributed by atoms with Crippen molar-refractivity contribution in [1.29, 1.82) is 0 Å². The SMILES string of the molecule is CCOc1cc([C@H]2NC(=O)NC(C)=C2C(=O)OC)ccc1OC[C@@H](O)N/N=C/c1cn(Cc2ccccc2)c2ccccc12. The number of fused-ring (bicyclic) bond motifs is 1. The number of rotatable bonds is 12. The molecule has 0 unspecified atom stereocenters. The van der Waals surface area contributed by atoms with Gasteiger partial charge in [0.25, 0.3) is 0 Å². The Balaban J connectivity index is 1.26. The third-order valence-electron chi connectivity index (χ3n) is 7.11. The highest BCUT2D eigenvalue weighted by Gasteiger charge is 2.32. The number of benzene rings is 3. The number of para-hydroxylation sites is 1. The van der Waals surface area contributed by atoms with Crippen LogP contribution in [0.25, 0.3) is 10.9 Å². The zero-order valence-electron chi connectivity index (χ0n) is 24.7. The van der Waals surface area contributed by atoms with Crippen LogP contribution >= 0.6 is 0 Å². The summed E-state index contributed by atoms with van der Waals surface area (Å²) in [6.45, 7) is 4.42. The molecule has 0 aliphatic carbocycles. The maximum absolute atomic E-state index is 12.5. The molecule has 0 saturated heterocycles. The van der Waals surface area contributed by atoms with E-state index in [0.29, 0.717) is 29.4 Å². The second-order valence-electron chi connectivity index (χ2n) is 10.1. The molecule has 44 heavy (non-hydrogen) atoms. The van der Waals surface area contributed by atoms with Crippen molar-refractivity contribution in [3.8, 4) is 11.5 Å². The van der Waals surface area contributed by atoms with E-state index >= 15 is 0 Å². The molecule has 0 fully saturated rings. The molecule has 2 heterocycles. The van der Waals surface area contributed by atoms with Gasteiger partial charge in [0.2, 0.25) is 0 Å². The normalized spacial score (nSPS) is 15.5. The number of hydrazone groups is 1. The van der Waals surface area contributed by atoms with Gasteiger partial charge in [-0.3, -0.25) is 5.43 Å². The quantitative estimate of drug-likeness (QED) is 0.0832. The highest BCUT2D eigenvalue weighted by atomic mass is 16.5. The highest BCUT2D eigenvalue weighted by molar-refractivity contribution is 5.99. The fraction of sp³-hybridized carbons (Fsp3) is 0.242. The minimum atomic E-state index is -1.11. The van der Waals surface area contributed by atoms with Gasteiger partial charge in [0.05, 0.1) is 31.5 Å². The molecule has 228 valence electrons. The molecule has 1 aliphatic heterocycles. The summed E-state index contributed by atoms with van der Waals surface area (Å²) in [5.41, 5.74) is 7.18. The topological polar surface area (TPSA) is 135 Å². The number of aliphatic hydroxyl groups excluding tert-OH is 1. The largest absolute Gasteiger partial charge is 0.490 e. The summed E-state index contributed by atoms with van der Waals surface area (Å²) in [6, 6.07) is 22.2. The number of hydrogen-bond donors (Lipinski definition) is 4. The van der Waals surface area contributed by atoms with Gasteiger partial charge in [-0.1, -0.05) is 54.6 Å². The summed E-state index contributed by atoms with van der Waals surface area (Å²) in [4.78, 5) is 24.6. The fourth-order valence-corrected chi connectivity index (χ4v) is 5.10. The van der Waals surface area contributed by atoms with Gasteiger partial charge >= 0.3 is 12.0 Å². The van der Waals surface area contributed by atoms with E-state index in [-0.39, 0.29) is 12.2 Å². The smallest absolute Gasteiger partial charge is 0.337 e. The number of aromatic nitrogens is 1. The van der Waals surface area contributed by atoms with Gasteiger partial charge in [0.1, 0.15) is 6.61 Å². The van der Waals surface area contributed by atoms with E-state index in [1.165, 1.54) is 12.7 Å². The van der Waals surface area contributed by atoms with Crippen molar-refractivity contribution in [2.75, 3.05) is 20.3 Å². The molecule has 11 heteroatoms. The number of methoxy groups -OCH3 is 1. The average Bonchev–Trinajstić information content (AvgIpc) is 3.37. The molecule has 0 radical (unpaired) electrons. The fourth-order valence-electron chi connectivity index (χ4n) is 5.10. The van der Waals surface area contributed by atoms with Crippen LogP contribution in [0.2, 0.25) is 0 Å². The number of carbonyl (C=O) groups is 2. The van der Waals surface area contributed by atoms with Gasteiger partial charge in [-0.25, -0.2) is 9.59 Å².